The number of carbonyl (C=O) groups excluding carboxylic acids is 2. The fourth-order valence-electron chi connectivity index (χ4n) is 4.33. The summed E-state index contributed by atoms with van der Waals surface area (Å²) in [7, 11) is 3.07. The zero-order valence-corrected chi connectivity index (χ0v) is 22.0. The van der Waals surface area contributed by atoms with E-state index in [0.29, 0.717) is 23.6 Å². The van der Waals surface area contributed by atoms with Gasteiger partial charge >= 0.3 is 0 Å². The molecular weight excluding hydrogens is 456 g/mol. The van der Waals surface area contributed by atoms with Crippen LogP contribution in [-0.4, -0.2) is 81.1 Å². The standard InChI is InChI=1S/C28H40N4O4/c1-21(2)26(30-27(33)23-17-24(35-3)19-25(18-23)36-4)28(34)29-11-8-12-31-13-15-32(16-14-31)20-22-9-6-5-7-10-22/h5-7,9-10,17-19,21,26H,8,11-16,20H2,1-4H3,(H,29,34)(H,30,33). The van der Waals surface area contributed by atoms with Gasteiger partial charge in [-0.3, -0.25) is 14.5 Å². The van der Waals surface area contributed by atoms with Gasteiger partial charge in [0.15, 0.2) is 0 Å². The van der Waals surface area contributed by atoms with Crippen molar-refractivity contribution in [1.29, 1.82) is 0 Å². The summed E-state index contributed by atoms with van der Waals surface area (Å²) in [6, 6.07) is 14.9. The SMILES string of the molecule is COc1cc(OC)cc(C(=O)NC(C(=O)NCCCN2CCN(Cc3ccccc3)CC2)C(C)C)c1. The Morgan fingerprint density at radius 1 is 0.917 bits per heavy atom. The second-order valence-corrected chi connectivity index (χ2v) is 9.54. The number of amides is 2. The van der Waals surface area contributed by atoms with E-state index in [4.69, 9.17) is 9.47 Å². The minimum Gasteiger partial charge on any atom is -0.497 e. The van der Waals surface area contributed by atoms with E-state index in [1.54, 1.807) is 18.2 Å². The van der Waals surface area contributed by atoms with Crippen molar-refractivity contribution in [3.05, 3.63) is 59.7 Å². The summed E-state index contributed by atoms with van der Waals surface area (Å²) in [5.41, 5.74) is 1.74. The van der Waals surface area contributed by atoms with Crippen molar-refractivity contribution in [2.75, 3.05) is 53.5 Å². The van der Waals surface area contributed by atoms with Gasteiger partial charge in [-0.05, 0) is 36.6 Å². The zero-order valence-electron chi connectivity index (χ0n) is 22.0. The van der Waals surface area contributed by atoms with Crippen LogP contribution in [0.15, 0.2) is 48.5 Å². The highest BCUT2D eigenvalue weighted by Gasteiger charge is 2.25. The number of benzene rings is 2. The maximum atomic E-state index is 12.9. The Labute approximate surface area is 214 Å². The van der Waals surface area contributed by atoms with Crippen molar-refractivity contribution >= 4 is 11.8 Å². The molecule has 2 N–H and O–H groups in total. The largest absolute Gasteiger partial charge is 0.497 e. The lowest BCUT2D eigenvalue weighted by Gasteiger charge is -2.34. The van der Waals surface area contributed by atoms with Gasteiger partial charge in [0.1, 0.15) is 17.5 Å². The molecule has 3 rings (SSSR count). The van der Waals surface area contributed by atoms with E-state index in [2.05, 4.69) is 50.8 Å². The summed E-state index contributed by atoms with van der Waals surface area (Å²) in [6.07, 6.45) is 0.871. The Morgan fingerprint density at radius 3 is 2.11 bits per heavy atom. The summed E-state index contributed by atoms with van der Waals surface area (Å²) in [4.78, 5) is 30.7. The summed E-state index contributed by atoms with van der Waals surface area (Å²) < 4.78 is 10.5. The van der Waals surface area contributed by atoms with Crippen molar-refractivity contribution < 1.29 is 19.1 Å². The Balaban J connectivity index is 1.41. The molecule has 1 unspecified atom stereocenters. The third kappa shape index (κ3) is 8.24. The minimum atomic E-state index is -0.628. The van der Waals surface area contributed by atoms with Gasteiger partial charge in [-0.2, -0.15) is 0 Å². The molecule has 0 radical (unpaired) electrons. The molecule has 1 saturated heterocycles. The van der Waals surface area contributed by atoms with Crippen LogP contribution in [-0.2, 0) is 11.3 Å². The molecule has 1 fully saturated rings. The molecule has 0 aromatic heterocycles. The fourth-order valence-corrected chi connectivity index (χ4v) is 4.33. The highest BCUT2D eigenvalue weighted by molar-refractivity contribution is 5.98. The predicted octanol–water partition coefficient (Wildman–Crippen LogP) is 2.78. The van der Waals surface area contributed by atoms with Crippen LogP contribution in [0.5, 0.6) is 11.5 Å². The third-order valence-corrected chi connectivity index (χ3v) is 6.51. The van der Waals surface area contributed by atoms with Crippen LogP contribution in [0.3, 0.4) is 0 Å². The van der Waals surface area contributed by atoms with Gasteiger partial charge in [0.05, 0.1) is 14.2 Å². The summed E-state index contributed by atoms with van der Waals surface area (Å²) in [6.45, 7) is 10.5. The number of ether oxygens (including phenoxy) is 2. The highest BCUT2D eigenvalue weighted by Crippen LogP contribution is 2.22. The highest BCUT2D eigenvalue weighted by atomic mass is 16.5. The van der Waals surface area contributed by atoms with E-state index in [0.717, 1.165) is 45.7 Å². The minimum absolute atomic E-state index is 0.0563. The van der Waals surface area contributed by atoms with Gasteiger partial charge in [-0.15, -0.1) is 0 Å². The van der Waals surface area contributed by atoms with Gasteiger partial charge in [-0.25, -0.2) is 0 Å². The molecule has 0 bridgehead atoms. The van der Waals surface area contributed by atoms with Crippen molar-refractivity contribution in [3.8, 4) is 11.5 Å². The molecule has 0 saturated carbocycles. The van der Waals surface area contributed by atoms with E-state index >= 15 is 0 Å². The molecule has 8 nitrogen and oxygen atoms in total. The molecule has 1 heterocycles. The Morgan fingerprint density at radius 2 is 1.53 bits per heavy atom. The molecule has 2 aromatic rings. The fraction of sp³-hybridized carbons (Fsp3) is 0.500. The molecule has 0 aliphatic carbocycles. The molecule has 1 aliphatic rings. The number of carbonyl (C=O) groups is 2. The van der Waals surface area contributed by atoms with Crippen LogP contribution in [0.2, 0.25) is 0 Å². The lowest BCUT2D eigenvalue weighted by atomic mass is 10.0. The van der Waals surface area contributed by atoms with Crippen LogP contribution in [0, 0.1) is 5.92 Å². The molecule has 1 atom stereocenters. The topological polar surface area (TPSA) is 83.1 Å². The Kier molecular flexibility index (Phi) is 10.6. The molecule has 8 heteroatoms. The van der Waals surface area contributed by atoms with Gasteiger partial charge < -0.3 is 25.0 Å². The molecule has 2 aromatic carbocycles. The summed E-state index contributed by atoms with van der Waals surface area (Å²) in [5, 5.41) is 5.88. The van der Waals surface area contributed by atoms with Crippen LogP contribution < -0.4 is 20.1 Å². The number of rotatable bonds is 12. The number of methoxy groups -OCH3 is 2. The molecule has 1 aliphatic heterocycles. The average Bonchev–Trinajstić information content (AvgIpc) is 2.90. The summed E-state index contributed by atoms with van der Waals surface area (Å²) >= 11 is 0. The van der Waals surface area contributed by atoms with Crippen LogP contribution in [0.1, 0.15) is 36.2 Å². The first-order valence-corrected chi connectivity index (χ1v) is 12.7. The Bertz CT molecular complexity index is 953. The van der Waals surface area contributed by atoms with E-state index < -0.39 is 6.04 Å². The van der Waals surface area contributed by atoms with Gasteiger partial charge in [0.2, 0.25) is 5.91 Å². The van der Waals surface area contributed by atoms with Crippen molar-refractivity contribution in [1.82, 2.24) is 20.4 Å². The number of nitrogens with zero attached hydrogens (tertiary/aromatic N) is 2. The number of piperazine rings is 1. The molecular formula is C28H40N4O4. The zero-order chi connectivity index (χ0) is 25.9. The van der Waals surface area contributed by atoms with Crippen LogP contribution >= 0.6 is 0 Å². The van der Waals surface area contributed by atoms with Gasteiger partial charge in [0, 0.05) is 50.9 Å². The smallest absolute Gasteiger partial charge is 0.252 e. The normalized spacial score (nSPS) is 15.4. The van der Waals surface area contributed by atoms with Gasteiger partial charge in [-0.1, -0.05) is 44.2 Å². The lowest BCUT2D eigenvalue weighted by Crippen LogP contribution is -2.50. The van der Waals surface area contributed by atoms with E-state index in [9.17, 15) is 9.59 Å². The first kappa shape index (κ1) is 27.5. The van der Waals surface area contributed by atoms with Crippen LogP contribution in [0.4, 0.5) is 0 Å². The van der Waals surface area contributed by atoms with E-state index in [-0.39, 0.29) is 17.7 Å². The number of hydrogen-bond donors (Lipinski definition) is 2. The van der Waals surface area contributed by atoms with E-state index in [1.165, 1.54) is 19.8 Å². The Hall–Kier alpha value is -3.10. The monoisotopic (exact) mass is 496 g/mol. The third-order valence-electron chi connectivity index (χ3n) is 6.51. The average molecular weight is 497 g/mol. The van der Waals surface area contributed by atoms with Gasteiger partial charge in [0.25, 0.3) is 5.91 Å². The first-order valence-electron chi connectivity index (χ1n) is 12.7. The second kappa shape index (κ2) is 13.8. The lowest BCUT2D eigenvalue weighted by molar-refractivity contribution is -0.123. The van der Waals surface area contributed by atoms with E-state index in [1.807, 2.05) is 13.8 Å². The number of nitrogens with one attached hydrogen (secondary N) is 2. The van der Waals surface area contributed by atoms with Crippen molar-refractivity contribution in [2.45, 2.75) is 32.9 Å². The first-order chi connectivity index (χ1) is 17.4. The van der Waals surface area contributed by atoms with Crippen molar-refractivity contribution in [3.63, 3.8) is 0 Å². The van der Waals surface area contributed by atoms with Crippen molar-refractivity contribution in [2.24, 2.45) is 5.92 Å². The molecule has 36 heavy (non-hydrogen) atoms. The molecule has 2 amide bonds. The quantitative estimate of drug-likeness (QED) is 0.440. The molecule has 0 spiro atoms. The maximum absolute atomic E-state index is 12.9. The second-order valence-electron chi connectivity index (χ2n) is 9.54. The maximum Gasteiger partial charge on any atom is 0.252 e. The predicted molar refractivity (Wildman–Crippen MR) is 141 cm³/mol. The van der Waals surface area contributed by atoms with Crippen LogP contribution in [0.25, 0.3) is 0 Å². The molecule has 196 valence electrons. The summed E-state index contributed by atoms with van der Waals surface area (Å²) in [5.74, 6) is 0.478. The number of hydrogen-bond acceptors (Lipinski definition) is 6.